The molecule has 2 aromatic rings. The minimum atomic E-state index is -0.993. The van der Waals surface area contributed by atoms with Gasteiger partial charge in [-0.1, -0.05) is 44.0 Å². The van der Waals surface area contributed by atoms with Crippen LogP contribution in [0.1, 0.15) is 66.6 Å². The molecule has 2 unspecified atom stereocenters. The molecule has 1 aliphatic carbocycles. The normalized spacial score (nSPS) is 20.9. The van der Waals surface area contributed by atoms with Gasteiger partial charge in [0.2, 0.25) is 0 Å². The number of alkyl halides is 1. The number of carboxylic acid groups (broad SMARTS) is 1. The molecular formula is C26H31ClN2O5. The average Bonchev–Trinajstić information content (AvgIpc) is 3.09. The van der Waals surface area contributed by atoms with Crippen LogP contribution in [0, 0.1) is 5.41 Å². The Morgan fingerprint density at radius 1 is 1.24 bits per heavy atom. The molecule has 1 saturated heterocycles. The van der Waals surface area contributed by atoms with Gasteiger partial charge in [-0.3, -0.25) is 4.79 Å². The minimum Gasteiger partial charge on any atom is -0.478 e. The number of rotatable bonds is 10. The summed E-state index contributed by atoms with van der Waals surface area (Å²) in [6.45, 7) is 2.74. The molecule has 8 heteroatoms. The number of nitrogens with zero attached hydrogens (tertiary/aromatic N) is 2. The van der Waals surface area contributed by atoms with E-state index in [2.05, 4.69) is 6.92 Å². The number of hydrogen-bond donors (Lipinski definition) is 2. The van der Waals surface area contributed by atoms with E-state index in [-0.39, 0.29) is 30.2 Å². The summed E-state index contributed by atoms with van der Waals surface area (Å²) in [5.41, 5.74) is 2.30. The number of aromatic carboxylic acids is 1. The Morgan fingerprint density at radius 3 is 2.68 bits per heavy atom. The lowest BCUT2D eigenvalue weighted by Gasteiger charge is -2.46. The van der Waals surface area contributed by atoms with Gasteiger partial charge in [-0.25, -0.2) is 9.80 Å². The summed E-state index contributed by atoms with van der Waals surface area (Å²) in [6, 6.07) is 14.0. The highest BCUT2D eigenvalue weighted by atomic mass is 35.5. The standard InChI is InChI=1S/C26H31ClN2O5/c1-2-10-26(11-5-12-26)23(30)19-7-4-9-21(14-19)29-24(31)22(27)15-28(29)17-34-16-18-6-3-8-20(13-18)25(32)33/h3-4,6-9,13-14,22-23,30H,2,5,10-12,15-17H2,1H3,(H,32,33). The van der Waals surface area contributed by atoms with Gasteiger partial charge in [-0.05, 0) is 54.7 Å². The summed E-state index contributed by atoms with van der Waals surface area (Å²) >= 11 is 6.30. The van der Waals surface area contributed by atoms with Gasteiger partial charge < -0.3 is 14.9 Å². The van der Waals surface area contributed by atoms with Crippen molar-refractivity contribution in [1.82, 2.24) is 5.01 Å². The Labute approximate surface area is 204 Å². The third kappa shape index (κ3) is 4.98. The molecule has 7 nitrogen and oxygen atoms in total. The van der Waals surface area contributed by atoms with Gasteiger partial charge in [0.15, 0.2) is 0 Å². The van der Waals surface area contributed by atoms with E-state index in [1.54, 1.807) is 23.2 Å². The largest absolute Gasteiger partial charge is 0.478 e. The fraction of sp³-hybridized carbons (Fsp3) is 0.462. The van der Waals surface area contributed by atoms with Crippen molar-refractivity contribution in [3.05, 3.63) is 65.2 Å². The van der Waals surface area contributed by atoms with E-state index in [4.69, 9.17) is 21.4 Å². The van der Waals surface area contributed by atoms with Gasteiger partial charge >= 0.3 is 5.97 Å². The lowest BCUT2D eigenvalue weighted by molar-refractivity contribution is -0.118. The number of benzene rings is 2. The Morgan fingerprint density at radius 2 is 2.00 bits per heavy atom. The highest BCUT2D eigenvalue weighted by Gasteiger charge is 2.44. The molecule has 4 rings (SSSR count). The molecule has 1 aliphatic heterocycles. The Bertz CT molecular complexity index is 1040. The zero-order chi connectivity index (χ0) is 24.3. The number of carboxylic acids is 1. The lowest BCUT2D eigenvalue weighted by atomic mass is 9.61. The van der Waals surface area contributed by atoms with Crippen LogP contribution in [0.25, 0.3) is 0 Å². The Hall–Kier alpha value is -2.45. The fourth-order valence-corrected chi connectivity index (χ4v) is 5.30. The second kappa shape index (κ2) is 10.4. The van der Waals surface area contributed by atoms with Crippen molar-refractivity contribution in [3.8, 4) is 0 Å². The number of aliphatic hydroxyl groups excluding tert-OH is 1. The van der Waals surface area contributed by atoms with Gasteiger partial charge in [0.1, 0.15) is 12.1 Å². The third-order valence-corrected chi connectivity index (χ3v) is 7.25. The summed E-state index contributed by atoms with van der Waals surface area (Å²) in [6.07, 6.45) is 4.60. The molecular weight excluding hydrogens is 456 g/mol. The first-order valence-electron chi connectivity index (χ1n) is 11.8. The van der Waals surface area contributed by atoms with E-state index < -0.39 is 17.5 Å². The molecule has 2 N–H and O–H groups in total. The van der Waals surface area contributed by atoms with E-state index in [0.717, 1.165) is 43.2 Å². The number of ether oxygens (including phenoxy) is 1. The van der Waals surface area contributed by atoms with Crippen LogP contribution in [0.4, 0.5) is 5.69 Å². The van der Waals surface area contributed by atoms with Crippen LogP contribution < -0.4 is 5.01 Å². The van der Waals surface area contributed by atoms with Gasteiger partial charge in [-0.15, -0.1) is 11.6 Å². The topological polar surface area (TPSA) is 90.3 Å². The van der Waals surface area contributed by atoms with Crippen LogP contribution in [0.5, 0.6) is 0 Å². The van der Waals surface area contributed by atoms with Crippen LogP contribution in [-0.2, 0) is 16.1 Å². The van der Waals surface area contributed by atoms with Crippen LogP contribution in [-0.4, -0.2) is 45.8 Å². The number of carbonyl (C=O) groups excluding carboxylic acids is 1. The molecule has 0 spiro atoms. The molecule has 0 radical (unpaired) electrons. The molecule has 2 fully saturated rings. The smallest absolute Gasteiger partial charge is 0.335 e. The lowest BCUT2D eigenvalue weighted by Crippen LogP contribution is -2.41. The van der Waals surface area contributed by atoms with Crippen LogP contribution in [0.2, 0.25) is 0 Å². The third-order valence-electron chi connectivity index (χ3n) is 6.92. The van der Waals surface area contributed by atoms with Crippen LogP contribution in [0.15, 0.2) is 48.5 Å². The van der Waals surface area contributed by atoms with E-state index >= 15 is 0 Å². The predicted octanol–water partition coefficient (Wildman–Crippen LogP) is 4.73. The van der Waals surface area contributed by atoms with Crippen molar-refractivity contribution >= 4 is 29.2 Å². The first kappa shape index (κ1) is 24.7. The molecule has 0 aromatic heterocycles. The predicted molar refractivity (Wildman–Crippen MR) is 129 cm³/mol. The second-order valence-corrected chi connectivity index (χ2v) is 9.78. The van der Waals surface area contributed by atoms with Crippen LogP contribution >= 0.6 is 11.6 Å². The number of aliphatic hydroxyl groups is 1. The van der Waals surface area contributed by atoms with Gasteiger partial charge in [-0.2, -0.15) is 5.01 Å². The molecule has 1 heterocycles. The van der Waals surface area contributed by atoms with Gasteiger partial charge in [0.25, 0.3) is 5.91 Å². The van der Waals surface area contributed by atoms with Gasteiger partial charge in [0, 0.05) is 12.0 Å². The van der Waals surface area contributed by atoms with E-state index in [1.807, 2.05) is 24.3 Å². The summed E-state index contributed by atoms with van der Waals surface area (Å²) < 4.78 is 5.81. The van der Waals surface area contributed by atoms with Crippen molar-refractivity contribution in [2.24, 2.45) is 5.41 Å². The van der Waals surface area contributed by atoms with Crippen molar-refractivity contribution in [2.75, 3.05) is 18.3 Å². The second-order valence-electron chi connectivity index (χ2n) is 9.25. The highest BCUT2D eigenvalue weighted by molar-refractivity contribution is 6.33. The summed E-state index contributed by atoms with van der Waals surface area (Å²) in [5, 5.41) is 22.9. The number of hydrazine groups is 1. The van der Waals surface area contributed by atoms with E-state index in [9.17, 15) is 14.7 Å². The van der Waals surface area contributed by atoms with Crippen molar-refractivity contribution in [3.63, 3.8) is 0 Å². The minimum absolute atomic E-state index is 0.0787. The molecule has 1 amide bonds. The molecule has 0 bridgehead atoms. The zero-order valence-corrected chi connectivity index (χ0v) is 20.1. The molecule has 2 aliphatic rings. The Kier molecular flexibility index (Phi) is 7.57. The van der Waals surface area contributed by atoms with Gasteiger partial charge in [0.05, 0.1) is 24.0 Å². The highest BCUT2D eigenvalue weighted by Crippen LogP contribution is 2.53. The number of anilines is 1. The fourth-order valence-electron chi connectivity index (χ4n) is 5.05. The maximum absolute atomic E-state index is 12.9. The monoisotopic (exact) mass is 486 g/mol. The molecule has 34 heavy (non-hydrogen) atoms. The van der Waals surface area contributed by atoms with Crippen molar-refractivity contribution in [2.45, 2.75) is 57.1 Å². The molecule has 2 atom stereocenters. The number of halogens is 1. The van der Waals surface area contributed by atoms with Crippen molar-refractivity contribution < 1.29 is 24.5 Å². The maximum atomic E-state index is 12.9. The number of hydrogen-bond acceptors (Lipinski definition) is 5. The van der Waals surface area contributed by atoms with Crippen LogP contribution in [0.3, 0.4) is 0 Å². The first-order valence-corrected chi connectivity index (χ1v) is 12.2. The summed E-state index contributed by atoms with van der Waals surface area (Å²) in [4.78, 5) is 24.1. The number of carbonyl (C=O) groups is 2. The molecule has 2 aromatic carbocycles. The molecule has 1 saturated carbocycles. The maximum Gasteiger partial charge on any atom is 0.335 e. The average molecular weight is 487 g/mol. The SMILES string of the molecule is CCCC1(C(O)c2cccc(N3C(=O)C(Cl)CN3COCc3cccc(C(=O)O)c3)c2)CCC1. The first-order chi connectivity index (χ1) is 16.3. The summed E-state index contributed by atoms with van der Waals surface area (Å²) in [5.74, 6) is -1.23. The van der Waals surface area contributed by atoms with Crippen molar-refractivity contribution in [1.29, 1.82) is 0 Å². The number of amides is 1. The summed E-state index contributed by atoms with van der Waals surface area (Å²) in [7, 11) is 0. The molecule has 182 valence electrons. The van der Waals surface area contributed by atoms with E-state index in [1.165, 1.54) is 11.1 Å². The van der Waals surface area contributed by atoms with E-state index in [0.29, 0.717) is 12.2 Å². The Balaban J connectivity index is 1.47. The zero-order valence-electron chi connectivity index (χ0n) is 19.3. The quantitative estimate of drug-likeness (QED) is 0.472.